The SMILES string of the molecule is CCCCCC/C(=C\n1ccnc1)c1ccc2c(c1)CCC(=O)N2. The molecule has 4 nitrogen and oxygen atoms in total. The van der Waals surface area contributed by atoms with Crippen LogP contribution in [0.2, 0.25) is 0 Å². The van der Waals surface area contributed by atoms with Crippen molar-refractivity contribution in [3.05, 3.63) is 48.0 Å². The average Bonchev–Trinajstić information content (AvgIpc) is 3.10. The van der Waals surface area contributed by atoms with Crippen LogP contribution >= 0.6 is 0 Å². The monoisotopic (exact) mass is 323 g/mol. The van der Waals surface area contributed by atoms with Crippen LogP contribution in [0.5, 0.6) is 0 Å². The first-order valence-corrected chi connectivity index (χ1v) is 8.87. The number of aryl methyl sites for hydroxylation is 1. The third-order valence-corrected chi connectivity index (χ3v) is 4.50. The normalized spacial score (nSPS) is 14.4. The fourth-order valence-electron chi connectivity index (χ4n) is 3.13. The van der Waals surface area contributed by atoms with Gasteiger partial charge in [-0.3, -0.25) is 4.79 Å². The molecule has 1 amide bonds. The molecule has 0 radical (unpaired) electrons. The number of carbonyl (C=O) groups excluding carboxylic acids is 1. The molecule has 4 heteroatoms. The van der Waals surface area contributed by atoms with E-state index in [2.05, 4.69) is 35.6 Å². The van der Waals surface area contributed by atoms with E-state index in [1.807, 2.05) is 23.2 Å². The second kappa shape index (κ2) is 7.95. The Morgan fingerprint density at radius 1 is 1.29 bits per heavy atom. The predicted molar refractivity (Wildman–Crippen MR) is 98.5 cm³/mol. The first-order chi connectivity index (χ1) is 11.8. The summed E-state index contributed by atoms with van der Waals surface area (Å²) in [6.45, 7) is 2.24. The smallest absolute Gasteiger partial charge is 0.224 e. The van der Waals surface area contributed by atoms with Gasteiger partial charge in [-0.1, -0.05) is 32.3 Å². The number of amides is 1. The molecule has 0 atom stereocenters. The number of anilines is 1. The molecule has 0 bridgehead atoms. The topological polar surface area (TPSA) is 46.9 Å². The van der Waals surface area contributed by atoms with Crippen molar-refractivity contribution in [2.75, 3.05) is 5.32 Å². The van der Waals surface area contributed by atoms with Crippen molar-refractivity contribution in [3.63, 3.8) is 0 Å². The van der Waals surface area contributed by atoms with Crippen molar-refractivity contribution in [1.82, 2.24) is 9.55 Å². The zero-order valence-corrected chi connectivity index (χ0v) is 14.3. The fraction of sp³-hybridized carbons (Fsp3) is 0.400. The van der Waals surface area contributed by atoms with Crippen molar-refractivity contribution in [2.24, 2.45) is 0 Å². The van der Waals surface area contributed by atoms with E-state index in [9.17, 15) is 4.79 Å². The van der Waals surface area contributed by atoms with Crippen LogP contribution in [0.1, 0.15) is 56.6 Å². The van der Waals surface area contributed by atoms with E-state index in [1.54, 1.807) is 6.20 Å². The Kier molecular flexibility index (Phi) is 5.47. The number of hydrogen-bond donors (Lipinski definition) is 1. The minimum absolute atomic E-state index is 0.115. The molecule has 2 heterocycles. The Morgan fingerprint density at radius 2 is 2.21 bits per heavy atom. The molecule has 0 fully saturated rings. The van der Waals surface area contributed by atoms with E-state index in [0.29, 0.717) is 6.42 Å². The number of unbranched alkanes of at least 4 members (excludes halogenated alkanes) is 3. The summed E-state index contributed by atoms with van der Waals surface area (Å²) < 4.78 is 2.01. The van der Waals surface area contributed by atoms with Crippen molar-refractivity contribution in [3.8, 4) is 0 Å². The second-order valence-electron chi connectivity index (χ2n) is 6.39. The van der Waals surface area contributed by atoms with Gasteiger partial charge in [-0.15, -0.1) is 0 Å². The third-order valence-electron chi connectivity index (χ3n) is 4.50. The number of nitrogens with one attached hydrogen (secondary N) is 1. The quantitative estimate of drug-likeness (QED) is 0.748. The molecule has 0 spiro atoms. The van der Waals surface area contributed by atoms with Gasteiger partial charge in [0.25, 0.3) is 0 Å². The Balaban J connectivity index is 1.83. The number of carbonyl (C=O) groups is 1. The molecule has 1 aliphatic rings. The molecule has 1 aromatic heterocycles. The summed E-state index contributed by atoms with van der Waals surface area (Å²) in [5, 5.41) is 2.96. The van der Waals surface area contributed by atoms with E-state index < -0.39 is 0 Å². The van der Waals surface area contributed by atoms with E-state index in [-0.39, 0.29) is 5.91 Å². The predicted octanol–water partition coefficient (Wildman–Crippen LogP) is 4.74. The molecule has 0 aliphatic carbocycles. The van der Waals surface area contributed by atoms with Gasteiger partial charge >= 0.3 is 0 Å². The lowest BCUT2D eigenvalue weighted by atomic mass is 9.94. The molecule has 0 saturated carbocycles. The Morgan fingerprint density at radius 3 is 3.00 bits per heavy atom. The molecule has 0 unspecified atom stereocenters. The van der Waals surface area contributed by atoms with Crippen LogP contribution in [0.25, 0.3) is 11.8 Å². The van der Waals surface area contributed by atoms with Crippen molar-refractivity contribution < 1.29 is 4.79 Å². The second-order valence-corrected chi connectivity index (χ2v) is 6.39. The first kappa shape index (κ1) is 16.5. The van der Waals surface area contributed by atoms with E-state index in [0.717, 1.165) is 18.5 Å². The van der Waals surface area contributed by atoms with Crippen LogP contribution in [0, 0.1) is 0 Å². The van der Waals surface area contributed by atoms with Gasteiger partial charge in [-0.2, -0.15) is 0 Å². The molecule has 2 aromatic rings. The van der Waals surface area contributed by atoms with Crippen LogP contribution in [0.15, 0.2) is 36.9 Å². The van der Waals surface area contributed by atoms with Gasteiger partial charge in [0.2, 0.25) is 5.91 Å². The van der Waals surface area contributed by atoms with Gasteiger partial charge in [0.15, 0.2) is 0 Å². The lowest BCUT2D eigenvalue weighted by Crippen LogP contribution is -2.18. The number of hydrogen-bond acceptors (Lipinski definition) is 2. The standard InChI is InChI=1S/C20H25N3O/c1-2-3-4-5-6-18(14-23-12-11-21-15-23)16-7-9-19-17(13-16)8-10-20(24)22-19/h7,9,11-15H,2-6,8,10H2,1H3,(H,22,24)/b18-14+. The highest BCUT2D eigenvalue weighted by Crippen LogP contribution is 2.29. The Bertz CT molecular complexity index is 716. The summed E-state index contributed by atoms with van der Waals surface area (Å²) in [6, 6.07) is 6.39. The number of imidazole rings is 1. The summed E-state index contributed by atoms with van der Waals surface area (Å²) in [5.74, 6) is 0.115. The number of benzene rings is 1. The van der Waals surface area contributed by atoms with Crippen LogP contribution in [0.3, 0.4) is 0 Å². The van der Waals surface area contributed by atoms with Gasteiger partial charge in [0.05, 0.1) is 6.33 Å². The zero-order chi connectivity index (χ0) is 16.8. The Hall–Kier alpha value is -2.36. The van der Waals surface area contributed by atoms with Gasteiger partial charge in [0.1, 0.15) is 0 Å². The summed E-state index contributed by atoms with van der Waals surface area (Å²) in [6.07, 6.45) is 15.2. The number of nitrogens with zero attached hydrogens (tertiary/aromatic N) is 2. The molecule has 1 aliphatic heterocycles. The zero-order valence-electron chi connectivity index (χ0n) is 14.3. The average molecular weight is 323 g/mol. The molecule has 1 aromatic carbocycles. The number of rotatable bonds is 7. The molecule has 3 rings (SSSR count). The van der Waals surface area contributed by atoms with Gasteiger partial charge in [0, 0.05) is 30.7 Å². The van der Waals surface area contributed by atoms with Crippen LogP contribution in [-0.4, -0.2) is 15.5 Å². The maximum absolute atomic E-state index is 11.5. The van der Waals surface area contributed by atoms with Crippen LogP contribution in [-0.2, 0) is 11.2 Å². The largest absolute Gasteiger partial charge is 0.326 e. The number of aromatic nitrogens is 2. The third kappa shape index (κ3) is 4.13. The Labute approximate surface area is 143 Å². The minimum Gasteiger partial charge on any atom is -0.326 e. The van der Waals surface area contributed by atoms with Crippen LogP contribution < -0.4 is 5.32 Å². The number of allylic oxidation sites excluding steroid dienone is 1. The fourth-order valence-corrected chi connectivity index (χ4v) is 3.13. The highest BCUT2D eigenvalue weighted by atomic mass is 16.1. The molecular formula is C20H25N3O. The summed E-state index contributed by atoms with van der Waals surface area (Å²) in [5.41, 5.74) is 4.76. The first-order valence-electron chi connectivity index (χ1n) is 8.87. The van der Waals surface area contributed by atoms with Crippen molar-refractivity contribution >= 4 is 23.4 Å². The minimum atomic E-state index is 0.115. The van der Waals surface area contributed by atoms with Crippen molar-refractivity contribution in [2.45, 2.75) is 51.9 Å². The van der Waals surface area contributed by atoms with E-state index >= 15 is 0 Å². The summed E-state index contributed by atoms with van der Waals surface area (Å²) in [7, 11) is 0. The maximum Gasteiger partial charge on any atom is 0.224 e. The van der Waals surface area contributed by atoms with Gasteiger partial charge < -0.3 is 9.88 Å². The highest BCUT2D eigenvalue weighted by Gasteiger charge is 2.15. The molecule has 126 valence electrons. The molecule has 1 N–H and O–H groups in total. The van der Waals surface area contributed by atoms with Crippen LogP contribution in [0.4, 0.5) is 5.69 Å². The van der Waals surface area contributed by atoms with E-state index in [1.165, 1.54) is 42.4 Å². The molecular weight excluding hydrogens is 298 g/mol. The van der Waals surface area contributed by atoms with Gasteiger partial charge in [-0.05, 0) is 48.1 Å². The summed E-state index contributed by atoms with van der Waals surface area (Å²) >= 11 is 0. The maximum atomic E-state index is 11.5. The van der Waals surface area contributed by atoms with Crippen molar-refractivity contribution in [1.29, 1.82) is 0 Å². The lowest BCUT2D eigenvalue weighted by molar-refractivity contribution is -0.116. The molecule has 24 heavy (non-hydrogen) atoms. The number of fused-ring (bicyclic) bond motifs is 1. The summed E-state index contributed by atoms with van der Waals surface area (Å²) in [4.78, 5) is 15.7. The molecule has 0 saturated heterocycles. The van der Waals surface area contributed by atoms with E-state index in [4.69, 9.17) is 0 Å². The van der Waals surface area contributed by atoms with Gasteiger partial charge in [-0.25, -0.2) is 4.98 Å². The lowest BCUT2D eigenvalue weighted by Gasteiger charge is -2.18. The highest BCUT2D eigenvalue weighted by molar-refractivity contribution is 5.94.